The topological polar surface area (TPSA) is 399 Å². The van der Waals surface area contributed by atoms with Crippen LogP contribution in [0.25, 0.3) is 22.3 Å². The fourth-order valence-corrected chi connectivity index (χ4v) is 10.9. The molecule has 4 aromatic carbocycles. The molecule has 7 unspecified atom stereocenters. The van der Waals surface area contributed by atoms with Gasteiger partial charge in [-0.05, 0) is 84.5 Å². The van der Waals surface area contributed by atoms with Crippen LogP contribution >= 0.6 is 0 Å². The van der Waals surface area contributed by atoms with Gasteiger partial charge in [0.15, 0.2) is 0 Å². The molecule has 7 amide bonds. The van der Waals surface area contributed by atoms with Crippen molar-refractivity contribution in [2.24, 2.45) is 5.92 Å². The van der Waals surface area contributed by atoms with Gasteiger partial charge in [-0.3, -0.25) is 38.9 Å². The number of unbranched alkanes of at least 4 members (excludes halogenated alkanes) is 2. The molecule has 0 spiro atoms. The number of hydrogen-bond acceptors (Lipinski definition) is 19. The Morgan fingerprint density at radius 3 is 1.78 bits per heavy atom. The second-order valence-electron chi connectivity index (χ2n) is 22.6. The molecule has 0 bridgehead atoms. The Morgan fingerprint density at radius 2 is 1.20 bits per heavy atom. The van der Waals surface area contributed by atoms with Crippen molar-refractivity contribution in [3.63, 3.8) is 0 Å². The first-order valence-electron chi connectivity index (χ1n) is 29.6. The summed E-state index contributed by atoms with van der Waals surface area (Å²) in [5.74, 6) is -8.35. The molecule has 0 saturated carbocycles. The van der Waals surface area contributed by atoms with E-state index in [0.29, 0.717) is 6.61 Å². The van der Waals surface area contributed by atoms with Crippen LogP contribution in [0.4, 0.5) is 0 Å². The van der Waals surface area contributed by atoms with E-state index in [-0.39, 0.29) is 49.8 Å². The third-order valence-electron chi connectivity index (χ3n) is 15.9. The summed E-state index contributed by atoms with van der Waals surface area (Å²) < 4.78 is 11.2. The summed E-state index contributed by atoms with van der Waals surface area (Å²) in [7, 11) is 0. The molecule has 0 aromatic heterocycles. The summed E-state index contributed by atoms with van der Waals surface area (Å²) in [6, 6.07) is 15.1. The third-order valence-corrected chi connectivity index (χ3v) is 15.9. The van der Waals surface area contributed by atoms with Gasteiger partial charge in [0.1, 0.15) is 66.1 Å². The molecule has 3 fully saturated rings. The maximum absolute atomic E-state index is 14.8. The van der Waals surface area contributed by atoms with Gasteiger partial charge < -0.3 is 91.8 Å². The molecule has 3 aliphatic rings. The average Bonchev–Trinajstić information content (AvgIpc) is 2.10. The number of amides is 7. The van der Waals surface area contributed by atoms with Crippen molar-refractivity contribution >= 4 is 41.4 Å². The first-order valence-corrected chi connectivity index (χ1v) is 29.6. The van der Waals surface area contributed by atoms with Crippen LogP contribution in [0.1, 0.15) is 81.8 Å². The smallest absolute Gasteiger partial charge is 0.251 e. The first-order chi connectivity index (χ1) is 42.0. The van der Waals surface area contributed by atoms with E-state index in [9.17, 15) is 79.5 Å². The Labute approximate surface area is 509 Å². The lowest BCUT2D eigenvalue weighted by molar-refractivity contribution is -0.148. The highest BCUT2D eigenvalue weighted by molar-refractivity contribution is 6.00. The normalized spacial score (nSPS) is 26.5. The zero-order valence-electron chi connectivity index (χ0n) is 49.5. The number of aromatic hydroxyl groups is 1. The van der Waals surface area contributed by atoms with E-state index < -0.39 is 152 Å². The van der Waals surface area contributed by atoms with Crippen LogP contribution in [0.15, 0.2) is 97.1 Å². The van der Waals surface area contributed by atoms with Crippen LogP contribution in [-0.2, 0) is 33.5 Å². The number of nitrogens with zero attached hydrogens (tertiary/aromatic N) is 2. The molecule has 4 aromatic rings. The van der Waals surface area contributed by atoms with E-state index in [1.54, 1.807) is 12.1 Å². The van der Waals surface area contributed by atoms with Crippen LogP contribution in [-0.4, -0.2) is 222 Å². The Kier molecular flexibility index (Phi) is 24.3. The molecule has 26 heteroatoms. The number of benzene rings is 4. The molecule has 15 N–H and O–H groups in total. The number of aliphatic hydroxyl groups is 8. The van der Waals surface area contributed by atoms with Crippen molar-refractivity contribution < 1.29 is 89.0 Å². The number of aliphatic hydroxyl groups excluding tert-OH is 8. The van der Waals surface area contributed by atoms with Crippen molar-refractivity contribution in [2.75, 3.05) is 46.1 Å². The molecule has 0 aliphatic carbocycles. The minimum Gasteiger partial charge on any atom is -0.508 e. The Morgan fingerprint density at radius 1 is 0.648 bits per heavy atom. The van der Waals surface area contributed by atoms with Gasteiger partial charge in [0, 0.05) is 44.0 Å². The molecule has 26 nitrogen and oxygen atoms in total. The van der Waals surface area contributed by atoms with Gasteiger partial charge in [-0.15, -0.1) is 0 Å². The minimum absolute atomic E-state index is 0.0330. The lowest BCUT2D eigenvalue weighted by atomic mass is 9.96. The van der Waals surface area contributed by atoms with Crippen LogP contribution < -0.4 is 36.6 Å². The number of nitrogens with one attached hydrogen (secondary N) is 6. The van der Waals surface area contributed by atoms with Gasteiger partial charge in [0.2, 0.25) is 35.4 Å². The van der Waals surface area contributed by atoms with E-state index in [0.717, 1.165) is 83.0 Å². The second kappa shape index (κ2) is 31.5. The minimum atomic E-state index is -2.30. The Hall–Kier alpha value is -7.63. The summed E-state index contributed by atoms with van der Waals surface area (Å²) in [5.41, 5.74) is 3.42. The number of carbonyl (C=O) groups is 7. The number of ether oxygens (including phenoxy) is 2. The number of carbonyl (C=O) groups excluding carboxylic acids is 7. The van der Waals surface area contributed by atoms with Crippen molar-refractivity contribution in [3.8, 4) is 33.8 Å². The zero-order chi connectivity index (χ0) is 63.9. The predicted molar refractivity (Wildman–Crippen MR) is 317 cm³/mol. The highest BCUT2D eigenvalue weighted by Crippen LogP contribution is 2.30. The number of fused-ring (bicyclic) bond motifs is 2. The highest BCUT2D eigenvalue weighted by atomic mass is 16.5. The van der Waals surface area contributed by atoms with Crippen molar-refractivity contribution in [1.29, 1.82) is 0 Å². The predicted octanol–water partition coefficient (Wildman–Crippen LogP) is -1.32. The summed E-state index contributed by atoms with van der Waals surface area (Å²) in [6.07, 6.45) is -12.5. The Bertz CT molecular complexity index is 2990. The monoisotopic (exact) mass is 1230 g/mol. The zero-order valence-corrected chi connectivity index (χ0v) is 49.5. The second-order valence-corrected chi connectivity index (χ2v) is 22.6. The van der Waals surface area contributed by atoms with Crippen molar-refractivity contribution in [2.45, 2.75) is 145 Å². The van der Waals surface area contributed by atoms with Crippen molar-refractivity contribution in [1.82, 2.24) is 41.7 Å². The van der Waals surface area contributed by atoms with E-state index in [1.165, 1.54) is 31.2 Å². The molecule has 478 valence electrons. The van der Waals surface area contributed by atoms with Gasteiger partial charge in [-0.2, -0.15) is 0 Å². The van der Waals surface area contributed by atoms with E-state index in [4.69, 9.17) is 9.47 Å². The van der Waals surface area contributed by atoms with Crippen LogP contribution in [0.2, 0.25) is 0 Å². The summed E-state index contributed by atoms with van der Waals surface area (Å²) in [5, 5.41) is 115. The standard InChI is InChI=1S/C62H82N8O18/c1-5-6-7-26-88-44-22-18-39(19-23-44)37-10-8-36(9-11-37)38-12-14-41(15-13-38)56(80)64-45-30-47(76)55(63-24-27-87-28-25-71)68-60(84)51-52(77)33(2)31-70(51)62(86)49(35(4)73)66-59(83)50(54(79)53(78)40-16-20-42(74)21-17-40)67-58(82)46-29-43(75)32-69(46)61(85)48(34(3)72)65-57(45)81/h8-23,33-35,43,45-55,63,71-79H,5-7,24-32H2,1-4H3,(H,64,80)(H,65,81)(H,66,83)(H,67,82)(H,68,84)/t33-,34+,35+,43+,45?,46?,47+,48?,49?,50?,51?,52-,53-,54-,55?/m0/s1. The quantitative estimate of drug-likeness (QED) is 0.0456. The van der Waals surface area contributed by atoms with Crippen LogP contribution in [0, 0.1) is 5.92 Å². The lowest BCUT2D eigenvalue weighted by Crippen LogP contribution is -2.64. The van der Waals surface area contributed by atoms with Gasteiger partial charge in [0.25, 0.3) is 5.91 Å². The Balaban J connectivity index is 1.22. The van der Waals surface area contributed by atoms with Gasteiger partial charge in [-0.25, -0.2) is 0 Å². The molecule has 0 radical (unpaired) electrons. The van der Waals surface area contributed by atoms with Crippen molar-refractivity contribution in [3.05, 3.63) is 108 Å². The number of hydrogen-bond donors (Lipinski definition) is 15. The van der Waals surface area contributed by atoms with Gasteiger partial charge in [0.05, 0.1) is 56.9 Å². The van der Waals surface area contributed by atoms with E-state index >= 15 is 0 Å². The van der Waals surface area contributed by atoms with Gasteiger partial charge in [-0.1, -0.05) is 87.4 Å². The summed E-state index contributed by atoms with van der Waals surface area (Å²) >= 11 is 0. The van der Waals surface area contributed by atoms with Crippen LogP contribution in [0.3, 0.4) is 0 Å². The van der Waals surface area contributed by atoms with E-state index in [1.807, 2.05) is 48.5 Å². The lowest BCUT2D eigenvalue weighted by Gasteiger charge is -2.34. The average molecular weight is 1230 g/mol. The maximum atomic E-state index is 14.8. The molecular formula is C62H82N8O18. The molecule has 3 aliphatic heterocycles. The van der Waals surface area contributed by atoms with Gasteiger partial charge >= 0.3 is 0 Å². The van der Waals surface area contributed by atoms with Crippen LogP contribution in [0.5, 0.6) is 11.5 Å². The molecule has 3 saturated heterocycles. The molecular weight excluding hydrogens is 1140 g/mol. The SMILES string of the molecule is CCCCCOc1ccc(-c2ccc(-c3ccc(C(=O)NC4C[C@@H](O)C(NCCOCCO)NC(=O)C5[C@@H](O)[C@@H](C)CN5C(=O)C([C@@H](C)O)NC(=O)C([C@H](O)[C@@H](O)c5ccc(O)cc5)NC(=O)C5C[C@@H](O)CN5C(=O)C([C@@H](C)O)NC4=O)cc3)cc2)cc1. The summed E-state index contributed by atoms with van der Waals surface area (Å²) in [6.45, 7) is 4.88. The fourth-order valence-electron chi connectivity index (χ4n) is 10.9. The number of rotatable bonds is 20. The highest BCUT2D eigenvalue weighted by Gasteiger charge is 2.50. The fraction of sp³-hybridized carbons (Fsp3) is 0.500. The molecule has 3 heterocycles. The summed E-state index contributed by atoms with van der Waals surface area (Å²) in [4.78, 5) is 104. The van der Waals surface area contributed by atoms with E-state index in [2.05, 4.69) is 38.8 Å². The molecule has 7 rings (SSSR count). The largest absolute Gasteiger partial charge is 0.508 e. The third kappa shape index (κ3) is 17.2. The molecule has 15 atom stereocenters. The maximum Gasteiger partial charge on any atom is 0.251 e. The number of phenols is 1. The molecule has 88 heavy (non-hydrogen) atoms. The first kappa shape index (κ1) is 67.9. The number of phenolic OH excluding ortho intramolecular Hbond substituents is 1.